The average Bonchev–Trinajstić information content (AvgIpc) is 3.33. The molecule has 2 aromatic rings. The van der Waals surface area contributed by atoms with Crippen LogP contribution in [0.5, 0.6) is 11.5 Å². The number of urea groups is 1. The molecule has 230 valence electrons. The number of hydrogen-bond acceptors (Lipinski definition) is 9. The highest BCUT2D eigenvalue weighted by molar-refractivity contribution is 6.22. The predicted molar refractivity (Wildman–Crippen MR) is 157 cm³/mol. The van der Waals surface area contributed by atoms with Gasteiger partial charge in [-0.1, -0.05) is 49.4 Å². The van der Waals surface area contributed by atoms with Gasteiger partial charge in [-0.25, -0.2) is 4.79 Å². The lowest BCUT2D eigenvalue weighted by Gasteiger charge is -2.56. The number of hydrogen-bond donors (Lipinski definition) is 2. The smallest absolute Gasteiger partial charge is 0.328 e. The second-order valence-electron chi connectivity index (χ2n) is 11.9. The van der Waals surface area contributed by atoms with Crippen molar-refractivity contribution < 1.29 is 38.2 Å². The van der Waals surface area contributed by atoms with Crippen molar-refractivity contribution in [1.82, 2.24) is 15.5 Å². The third-order valence-electron chi connectivity index (χ3n) is 9.70. The van der Waals surface area contributed by atoms with Crippen molar-refractivity contribution >= 4 is 29.8 Å². The van der Waals surface area contributed by atoms with Crippen molar-refractivity contribution in [3.63, 3.8) is 0 Å². The maximum atomic E-state index is 12.0. The first-order chi connectivity index (χ1) is 21.0. The second-order valence-corrected chi connectivity index (χ2v) is 11.9. The SMILES string of the molecule is CC(=O)Oc1ccc2c3c1O[C@H]1[C@@H](OC(C)=O)C=C[C@H]4[C@@H](C2)N(C)CC[C@@]341.CCC1(c2ccccc2)C(=O)NC(=O)NC1=O. The summed E-state index contributed by atoms with van der Waals surface area (Å²) in [4.78, 5) is 60.7. The molecule has 11 nitrogen and oxygen atoms in total. The molecule has 5 atom stereocenters. The molecule has 0 unspecified atom stereocenters. The molecule has 4 amide bonds. The van der Waals surface area contributed by atoms with E-state index in [1.54, 1.807) is 37.3 Å². The van der Waals surface area contributed by atoms with Crippen LogP contribution in [0.4, 0.5) is 4.79 Å². The number of likely N-dealkylation sites (tertiary alicyclic amines) is 1. The summed E-state index contributed by atoms with van der Waals surface area (Å²) in [5, 5.41) is 4.28. The molecule has 7 rings (SSSR count). The topological polar surface area (TPSA) is 140 Å². The number of rotatable bonds is 4. The van der Waals surface area contributed by atoms with Gasteiger partial charge in [-0.05, 0) is 56.1 Å². The van der Waals surface area contributed by atoms with Crippen molar-refractivity contribution in [2.24, 2.45) is 5.92 Å². The maximum Gasteiger partial charge on any atom is 0.328 e. The molecule has 3 heterocycles. The molecule has 3 aliphatic heterocycles. The third-order valence-corrected chi connectivity index (χ3v) is 9.70. The number of nitrogens with zero attached hydrogens (tertiary/aromatic N) is 1. The van der Waals surface area contributed by atoms with Crippen LogP contribution >= 0.6 is 0 Å². The monoisotopic (exact) mass is 601 g/mol. The Labute approximate surface area is 254 Å². The van der Waals surface area contributed by atoms with Gasteiger partial charge in [0.1, 0.15) is 6.10 Å². The molecule has 1 spiro atoms. The number of benzene rings is 2. The van der Waals surface area contributed by atoms with Crippen LogP contribution in [-0.2, 0) is 41.2 Å². The van der Waals surface area contributed by atoms with E-state index in [0.29, 0.717) is 29.5 Å². The second kappa shape index (κ2) is 10.9. The van der Waals surface area contributed by atoms with Gasteiger partial charge in [0, 0.05) is 36.8 Å². The lowest BCUT2D eigenvalue weighted by molar-refractivity contribution is -0.152. The summed E-state index contributed by atoms with van der Waals surface area (Å²) in [7, 11) is 2.17. The molecule has 11 heteroatoms. The average molecular weight is 602 g/mol. The zero-order chi connectivity index (χ0) is 31.4. The van der Waals surface area contributed by atoms with Gasteiger partial charge in [0.25, 0.3) is 0 Å². The minimum absolute atomic E-state index is 0.245. The van der Waals surface area contributed by atoms with Gasteiger partial charge in [-0.2, -0.15) is 0 Å². The van der Waals surface area contributed by atoms with Crippen LogP contribution in [0.1, 0.15) is 50.3 Å². The molecule has 0 aromatic heterocycles. The number of imide groups is 2. The lowest BCUT2D eigenvalue weighted by Crippen LogP contribution is -2.65. The van der Waals surface area contributed by atoms with E-state index in [0.717, 1.165) is 24.9 Å². The van der Waals surface area contributed by atoms with E-state index < -0.39 is 29.4 Å². The molecule has 5 aliphatic rings. The number of nitrogens with one attached hydrogen (secondary N) is 2. The summed E-state index contributed by atoms with van der Waals surface area (Å²) >= 11 is 0. The largest absolute Gasteiger partial charge is 0.481 e. The first kappa shape index (κ1) is 29.6. The summed E-state index contributed by atoms with van der Waals surface area (Å²) in [6.45, 7) is 5.51. The Balaban J connectivity index is 0.000000174. The van der Waals surface area contributed by atoms with E-state index in [4.69, 9.17) is 14.2 Å². The molecule has 0 saturated carbocycles. The summed E-state index contributed by atoms with van der Waals surface area (Å²) in [5.74, 6) is -0.427. The van der Waals surface area contributed by atoms with Gasteiger partial charge in [0.2, 0.25) is 11.8 Å². The molecule has 0 radical (unpaired) electrons. The van der Waals surface area contributed by atoms with Crippen molar-refractivity contribution in [2.45, 2.75) is 69.1 Å². The quantitative estimate of drug-likeness (QED) is 0.234. The Bertz CT molecular complexity index is 1570. The Kier molecular flexibility index (Phi) is 7.31. The van der Waals surface area contributed by atoms with Crippen molar-refractivity contribution in [1.29, 1.82) is 0 Å². The molecule has 2 aliphatic carbocycles. The Morgan fingerprint density at radius 3 is 2.34 bits per heavy atom. The summed E-state index contributed by atoms with van der Waals surface area (Å²) in [6, 6.07) is 12.2. The zero-order valence-corrected chi connectivity index (χ0v) is 25.0. The van der Waals surface area contributed by atoms with Crippen LogP contribution < -0.4 is 20.1 Å². The Morgan fingerprint density at radius 1 is 1.00 bits per heavy atom. The van der Waals surface area contributed by atoms with E-state index in [1.165, 1.54) is 19.4 Å². The van der Waals surface area contributed by atoms with Crippen LogP contribution in [0.3, 0.4) is 0 Å². The van der Waals surface area contributed by atoms with Crippen molar-refractivity contribution in [3.8, 4) is 11.5 Å². The minimum Gasteiger partial charge on any atom is -0.481 e. The molecular formula is C33H35N3O8. The fraction of sp³-hybridized carbons (Fsp3) is 0.424. The Morgan fingerprint density at radius 2 is 1.70 bits per heavy atom. The summed E-state index contributed by atoms with van der Waals surface area (Å²) in [6.07, 6.45) is 5.60. The van der Waals surface area contributed by atoms with Gasteiger partial charge in [0.15, 0.2) is 23.0 Å². The number of esters is 2. The summed E-state index contributed by atoms with van der Waals surface area (Å²) in [5.41, 5.74) is 1.43. The molecule has 44 heavy (non-hydrogen) atoms. The lowest BCUT2D eigenvalue weighted by atomic mass is 9.53. The van der Waals surface area contributed by atoms with E-state index >= 15 is 0 Å². The van der Waals surface area contributed by atoms with Crippen molar-refractivity contribution in [2.75, 3.05) is 13.6 Å². The highest BCUT2D eigenvalue weighted by atomic mass is 16.6. The van der Waals surface area contributed by atoms with E-state index in [2.05, 4.69) is 34.7 Å². The molecule has 2 aromatic carbocycles. The fourth-order valence-corrected chi connectivity index (χ4v) is 7.80. The van der Waals surface area contributed by atoms with Gasteiger partial charge < -0.3 is 19.1 Å². The molecule has 2 bridgehead atoms. The zero-order valence-electron chi connectivity index (χ0n) is 25.0. The number of carbonyl (C=O) groups excluding carboxylic acids is 5. The van der Waals surface area contributed by atoms with Crippen LogP contribution in [0.15, 0.2) is 54.6 Å². The van der Waals surface area contributed by atoms with Crippen LogP contribution in [0, 0.1) is 5.92 Å². The first-order valence-electron chi connectivity index (χ1n) is 14.8. The van der Waals surface area contributed by atoms with Gasteiger partial charge in [-0.3, -0.25) is 29.8 Å². The molecule has 2 N–H and O–H groups in total. The predicted octanol–water partition coefficient (Wildman–Crippen LogP) is 2.69. The number of piperidine rings is 1. The number of barbiturate groups is 1. The van der Waals surface area contributed by atoms with Crippen LogP contribution in [0.2, 0.25) is 0 Å². The number of carbonyl (C=O) groups is 5. The third kappa shape index (κ3) is 4.40. The normalized spacial score (nSPS) is 28.8. The van der Waals surface area contributed by atoms with E-state index in [9.17, 15) is 24.0 Å². The van der Waals surface area contributed by atoms with Crippen LogP contribution in [0.25, 0.3) is 0 Å². The molecular weight excluding hydrogens is 566 g/mol. The van der Waals surface area contributed by atoms with Crippen LogP contribution in [-0.4, -0.2) is 66.5 Å². The maximum absolute atomic E-state index is 12.0. The highest BCUT2D eigenvalue weighted by Gasteiger charge is 2.65. The molecule has 2 saturated heterocycles. The Hall–Kier alpha value is -4.51. The van der Waals surface area contributed by atoms with Gasteiger partial charge >= 0.3 is 18.0 Å². The molecule has 2 fully saturated rings. The number of amides is 4. The fourth-order valence-electron chi connectivity index (χ4n) is 7.80. The van der Waals surface area contributed by atoms with Gasteiger partial charge in [0.05, 0.1) is 0 Å². The standard InChI is InChI=1S/C21H23NO5.C12H12N2O3/c1-11(23)25-16-6-4-13-10-15-14-5-7-17(26-12(2)24)20-21(14,8-9-22(15)3)18(13)19(16)27-20;1-2-12(8-6-4-3-5-7-8)9(15)13-11(17)14-10(12)16/h4-7,14-15,17,20H,8-10H2,1-3H3;3-7H,2H2,1H3,(H2,13,14,15,16,17)/t14-,15+,17-,20-,21-;/m0./s1. The van der Waals surface area contributed by atoms with Gasteiger partial charge in [-0.15, -0.1) is 0 Å². The summed E-state index contributed by atoms with van der Waals surface area (Å²) < 4.78 is 17.5. The highest BCUT2D eigenvalue weighted by Crippen LogP contribution is 2.62. The number of ether oxygens (including phenoxy) is 3. The van der Waals surface area contributed by atoms with Crippen molar-refractivity contribution in [3.05, 3.63) is 71.3 Å². The number of likely N-dealkylation sites (N-methyl/N-ethyl adjacent to an activating group) is 1. The van der Waals surface area contributed by atoms with E-state index in [-0.39, 0.29) is 29.4 Å². The minimum atomic E-state index is -1.31. The van der Waals surface area contributed by atoms with E-state index in [1.807, 2.05) is 12.1 Å². The first-order valence-corrected chi connectivity index (χ1v) is 14.8.